The molecule has 5 atom stereocenters. The number of halogens is 2. The van der Waals surface area contributed by atoms with E-state index >= 15 is 0 Å². The molecule has 3 aliphatic carbocycles. The molecule has 4 unspecified atom stereocenters. The molecule has 5 rings (SSSR count). The fraction of sp³-hybridized carbons (Fsp3) is 0.533. The SMILES string of the molecule is CN(C)[C@@H]1C(O)=C(C(N)=O)C(C)(O)C2C(=O)C3=C(O)c4c(O)ccc(/C=C/CN5CCC(F)(F)CC5)c4CC3CC21. The lowest BCUT2D eigenvalue weighted by Crippen LogP contribution is -2.61. The van der Waals surface area contributed by atoms with Crippen LogP contribution >= 0.6 is 0 Å². The molecule has 0 aromatic heterocycles. The Morgan fingerprint density at radius 1 is 1.20 bits per heavy atom. The number of nitrogens with zero attached hydrogens (tertiary/aromatic N) is 2. The molecule has 0 radical (unpaired) electrons. The number of phenols is 1. The molecule has 1 heterocycles. The molecular weight excluding hydrogens is 536 g/mol. The van der Waals surface area contributed by atoms with E-state index in [1.165, 1.54) is 13.0 Å². The number of phenolic OH excluding ortho intramolecular Hbond substituents is 1. The maximum absolute atomic E-state index is 14.1. The van der Waals surface area contributed by atoms with Crippen LogP contribution in [0.15, 0.2) is 35.1 Å². The van der Waals surface area contributed by atoms with Gasteiger partial charge in [0.2, 0.25) is 0 Å². The summed E-state index contributed by atoms with van der Waals surface area (Å²) in [6.45, 7) is 2.33. The minimum absolute atomic E-state index is 0.0763. The molecule has 1 aromatic rings. The first-order valence-electron chi connectivity index (χ1n) is 13.9. The third-order valence-corrected chi connectivity index (χ3v) is 9.32. The number of alkyl halides is 2. The van der Waals surface area contributed by atoms with Crippen molar-refractivity contribution in [1.29, 1.82) is 0 Å². The van der Waals surface area contributed by atoms with E-state index in [9.17, 15) is 38.8 Å². The monoisotopic (exact) mass is 573 g/mol. The largest absolute Gasteiger partial charge is 0.510 e. The third-order valence-electron chi connectivity index (χ3n) is 9.32. The van der Waals surface area contributed by atoms with Crippen molar-refractivity contribution in [3.05, 3.63) is 51.8 Å². The number of allylic oxidation sites excluding steroid dienone is 1. The number of carbonyl (C=O) groups is 2. The summed E-state index contributed by atoms with van der Waals surface area (Å²) in [6.07, 6.45) is 3.96. The Balaban J connectivity index is 1.51. The van der Waals surface area contributed by atoms with Crippen LogP contribution in [0.5, 0.6) is 5.75 Å². The van der Waals surface area contributed by atoms with E-state index in [4.69, 9.17) is 5.73 Å². The number of benzene rings is 1. The van der Waals surface area contributed by atoms with Gasteiger partial charge in [0.05, 0.1) is 23.1 Å². The number of likely N-dealkylation sites (tertiary alicyclic amines) is 1. The van der Waals surface area contributed by atoms with Crippen LogP contribution in [0, 0.1) is 17.8 Å². The fourth-order valence-electron chi connectivity index (χ4n) is 7.46. The number of amides is 1. The number of likely N-dealkylation sites (N-methyl/N-ethyl adjacent to an activating group) is 1. The Bertz CT molecular complexity index is 1370. The molecule has 1 aliphatic heterocycles. The average molecular weight is 574 g/mol. The molecule has 0 spiro atoms. The van der Waals surface area contributed by atoms with Gasteiger partial charge in [0.15, 0.2) is 5.78 Å². The number of primary amides is 1. The third kappa shape index (κ3) is 4.83. The Labute approximate surface area is 237 Å². The highest BCUT2D eigenvalue weighted by atomic mass is 19.3. The van der Waals surface area contributed by atoms with E-state index in [1.54, 1.807) is 25.1 Å². The normalized spacial score (nSPS) is 31.8. The van der Waals surface area contributed by atoms with Gasteiger partial charge in [0.1, 0.15) is 22.9 Å². The molecule has 1 saturated carbocycles. The molecule has 41 heavy (non-hydrogen) atoms. The highest BCUT2D eigenvalue weighted by Gasteiger charge is 2.60. The highest BCUT2D eigenvalue weighted by Crippen LogP contribution is 2.54. The van der Waals surface area contributed by atoms with Gasteiger partial charge < -0.3 is 26.2 Å². The number of piperidine rings is 1. The van der Waals surface area contributed by atoms with Crippen molar-refractivity contribution in [2.45, 2.75) is 50.2 Å². The summed E-state index contributed by atoms with van der Waals surface area (Å²) in [5.74, 6) is -7.39. The number of aliphatic hydroxyl groups is 3. The summed E-state index contributed by atoms with van der Waals surface area (Å²) < 4.78 is 27.0. The second-order valence-electron chi connectivity index (χ2n) is 12.2. The predicted octanol–water partition coefficient (Wildman–Crippen LogP) is 2.78. The number of aromatic hydroxyl groups is 1. The maximum Gasteiger partial charge on any atom is 0.251 e. The van der Waals surface area contributed by atoms with Crippen LogP contribution in [0.1, 0.15) is 42.9 Å². The number of Topliss-reactive ketones (excluding diaryl/α,β-unsaturated/α-hetero) is 1. The predicted molar refractivity (Wildman–Crippen MR) is 148 cm³/mol. The molecule has 11 heteroatoms. The number of aliphatic hydroxyl groups excluding tert-OH is 2. The lowest BCUT2D eigenvalue weighted by molar-refractivity contribution is -0.139. The van der Waals surface area contributed by atoms with Crippen LogP contribution < -0.4 is 5.73 Å². The van der Waals surface area contributed by atoms with Gasteiger partial charge in [-0.2, -0.15) is 0 Å². The number of hydrogen-bond donors (Lipinski definition) is 5. The Morgan fingerprint density at radius 2 is 1.85 bits per heavy atom. The summed E-state index contributed by atoms with van der Waals surface area (Å²) in [5.41, 5.74) is 4.62. The van der Waals surface area contributed by atoms with Crippen molar-refractivity contribution in [3.8, 4) is 5.75 Å². The first-order chi connectivity index (χ1) is 19.2. The summed E-state index contributed by atoms with van der Waals surface area (Å²) >= 11 is 0. The molecule has 4 aliphatic rings. The maximum atomic E-state index is 14.1. The molecule has 1 aromatic carbocycles. The van der Waals surface area contributed by atoms with Crippen LogP contribution in [-0.4, -0.2) is 93.2 Å². The molecule has 0 bridgehead atoms. The van der Waals surface area contributed by atoms with Crippen molar-refractivity contribution in [1.82, 2.24) is 9.80 Å². The van der Waals surface area contributed by atoms with E-state index < -0.39 is 52.6 Å². The van der Waals surface area contributed by atoms with Gasteiger partial charge in [-0.05, 0) is 62.9 Å². The minimum atomic E-state index is -2.63. The van der Waals surface area contributed by atoms with Gasteiger partial charge in [-0.3, -0.25) is 19.4 Å². The van der Waals surface area contributed by atoms with Gasteiger partial charge in [0.25, 0.3) is 11.8 Å². The van der Waals surface area contributed by atoms with E-state index in [-0.39, 0.29) is 41.2 Å². The van der Waals surface area contributed by atoms with Gasteiger partial charge in [-0.25, -0.2) is 8.78 Å². The second-order valence-corrected chi connectivity index (χ2v) is 12.2. The van der Waals surface area contributed by atoms with Crippen LogP contribution in [-0.2, 0) is 16.0 Å². The van der Waals surface area contributed by atoms with Crippen LogP contribution in [0.3, 0.4) is 0 Å². The lowest BCUT2D eigenvalue weighted by Gasteiger charge is -2.52. The first kappa shape index (κ1) is 29.2. The van der Waals surface area contributed by atoms with Crippen LogP contribution in [0.2, 0.25) is 0 Å². The number of rotatable bonds is 5. The summed E-state index contributed by atoms with van der Waals surface area (Å²) in [4.78, 5) is 30.0. The summed E-state index contributed by atoms with van der Waals surface area (Å²) in [5, 5.41) is 44.7. The Morgan fingerprint density at radius 3 is 2.46 bits per heavy atom. The molecular formula is C30H37F2N3O6. The van der Waals surface area contributed by atoms with Gasteiger partial charge in [-0.1, -0.05) is 18.2 Å². The number of fused-ring (bicyclic) bond motifs is 3. The van der Waals surface area contributed by atoms with Gasteiger partial charge in [-0.15, -0.1) is 0 Å². The fourth-order valence-corrected chi connectivity index (χ4v) is 7.46. The Kier molecular flexibility index (Phi) is 7.28. The van der Waals surface area contributed by atoms with E-state index in [2.05, 4.69) is 0 Å². The zero-order valence-corrected chi connectivity index (χ0v) is 23.4. The van der Waals surface area contributed by atoms with Crippen LogP contribution in [0.25, 0.3) is 11.8 Å². The van der Waals surface area contributed by atoms with Gasteiger partial charge in [0, 0.05) is 38.0 Å². The zero-order chi connectivity index (χ0) is 30.0. The van der Waals surface area contributed by atoms with Gasteiger partial charge >= 0.3 is 0 Å². The van der Waals surface area contributed by atoms with Crippen molar-refractivity contribution in [2.75, 3.05) is 33.7 Å². The Hall–Kier alpha value is -3.28. The zero-order valence-electron chi connectivity index (χ0n) is 23.4. The van der Waals surface area contributed by atoms with Crippen molar-refractivity contribution in [2.24, 2.45) is 23.5 Å². The molecule has 6 N–H and O–H groups in total. The number of hydrogen-bond acceptors (Lipinski definition) is 8. The smallest absolute Gasteiger partial charge is 0.251 e. The molecule has 9 nitrogen and oxygen atoms in total. The minimum Gasteiger partial charge on any atom is -0.510 e. The number of ketones is 1. The molecule has 1 amide bonds. The number of carbonyl (C=O) groups excluding carboxylic acids is 2. The van der Waals surface area contributed by atoms with Crippen LogP contribution in [0.4, 0.5) is 8.78 Å². The van der Waals surface area contributed by atoms with E-state index in [0.717, 1.165) is 5.56 Å². The van der Waals surface area contributed by atoms with E-state index in [0.29, 0.717) is 38.0 Å². The molecule has 1 saturated heterocycles. The van der Waals surface area contributed by atoms with Crippen molar-refractivity contribution in [3.63, 3.8) is 0 Å². The summed E-state index contributed by atoms with van der Waals surface area (Å²) in [7, 11) is 3.40. The first-order valence-corrected chi connectivity index (χ1v) is 13.9. The quantitative estimate of drug-likeness (QED) is 0.361. The molecule has 222 valence electrons. The summed E-state index contributed by atoms with van der Waals surface area (Å²) in [6, 6.07) is 2.37. The number of nitrogens with two attached hydrogens (primary N) is 1. The topological polar surface area (TPSA) is 148 Å². The van der Waals surface area contributed by atoms with Crippen molar-refractivity contribution < 1.29 is 38.8 Å². The highest BCUT2D eigenvalue weighted by molar-refractivity contribution is 6.08. The second kappa shape index (κ2) is 10.2. The molecule has 2 fully saturated rings. The van der Waals surface area contributed by atoms with E-state index in [1.807, 2.05) is 17.1 Å². The average Bonchev–Trinajstić information content (AvgIpc) is 2.85. The van der Waals surface area contributed by atoms with Crippen molar-refractivity contribution >= 4 is 23.5 Å². The standard InChI is InChI=1S/C30H37F2N3O6/c1-29(41)22-18(24(34(2)3)27(39)23(29)28(33)40)14-16-13-17-15(5-4-10-35-11-8-30(31,32)9-12-35)6-7-19(36)21(17)25(37)20(16)26(22)38/h4-7,16,18,22,24,36-37,39,41H,8-14H2,1-3H3,(H2,33,40)/b5-4+/t16?,18?,22?,24-,29?/m0/s1. The lowest BCUT2D eigenvalue weighted by atomic mass is 9.55.